The van der Waals surface area contributed by atoms with Crippen LogP contribution in [0.3, 0.4) is 0 Å². The van der Waals surface area contributed by atoms with E-state index in [0.717, 1.165) is 33.6 Å². The molecule has 9 aromatic rings. The zero-order chi connectivity index (χ0) is 42.2. The third kappa shape index (κ3) is 5.10. The first-order chi connectivity index (χ1) is 30.0. The van der Waals surface area contributed by atoms with E-state index in [4.69, 9.17) is 4.42 Å². The van der Waals surface area contributed by atoms with Crippen LogP contribution in [0, 0.1) is 0 Å². The van der Waals surface area contributed by atoms with Gasteiger partial charge < -0.3 is 9.32 Å². The summed E-state index contributed by atoms with van der Waals surface area (Å²) >= 11 is 0. The summed E-state index contributed by atoms with van der Waals surface area (Å²) in [6.07, 6.45) is 2.35. The summed E-state index contributed by atoms with van der Waals surface area (Å²) in [5, 5.41) is 2.36. The summed E-state index contributed by atoms with van der Waals surface area (Å²) in [5.41, 5.74) is 20.8. The fraction of sp³-hybridized carbons (Fsp3) is 0.200. The molecule has 0 atom stereocenters. The predicted octanol–water partition coefficient (Wildman–Crippen LogP) is 16.1. The smallest absolute Gasteiger partial charge is 0.137 e. The van der Waals surface area contributed by atoms with Crippen LogP contribution >= 0.6 is 0 Å². The zero-order valence-corrected chi connectivity index (χ0v) is 36.5. The van der Waals surface area contributed by atoms with Crippen molar-refractivity contribution in [2.75, 3.05) is 4.90 Å². The first-order valence-electron chi connectivity index (χ1n) is 22.4. The molecule has 1 aromatic heterocycles. The Balaban J connectivity index is 1.05. The third-order valence-electron chi connectivity index (χ3n) is 15.2. The molecule has 0 amide bonds. The normalized spacial score (nSPS) is 16.9. The molecule has 0 saturated carbocycles. The van der Waals surface area contributed by atoms with Crippen LogP contribution in [-0.2, 0) is 21.7 Å². The molecule has 0 N–H and O–H groups in total. The van der Waals surface area contributed by atoms with Crippen molar-refractivity contribution in [1.82, 2.24) is 0 Å². The number of anilines is 3. The van der Waals surface area contributed by atoms with Crippen LogP contribution in [-0.4, -0.2) is 0 Å². The average Bonchev–Trinajstić information content (AvgIpc) is 3.89. The fourth-order valence-electron chi connectivity index (χ4n) is 11.8. The maximum atomic E-state index is 6.88. The van der Waals surface area contributed by atoms with E-state index in [-0.39, 0.29) is 16.2 Å². The van der Waals surface area contributed by atoms with Crippen molar-refractivity contribution in [2.24, 2.45) is 0 Å². The molecule has 0 fully saturated rings. The van der Waals surface area contributed by atoms with E-state index >= 15 is 0 Å². The highest BCUT2D eigenvalue weighted by molar-refractivity contribution is 6.07. The highest BCUT2D eigenvalue weighted by Crippen LogP contribution is 2.57. The number of nitrogens with zero attached hydrogens (tertiary/aromatic N) is 1. The van der Waals surface area contributed by atoms with Gasteiger partial charge in [0.05, 0.1) is 5.41 Å². The standard InChI is InChI=1S/C60H51NO/c1-57(2)32-33-58(3,4)54-37-56-48(36-53(54)57)47-31-29-42(35-55(47)62-56)61(41-28-30-46-43-18-10-13-21-49(43)59(5,6)52(46)34-41)40-26-24-39(25-27-40)60(38-16-8-7-9-17-38)50-22-14-11-19-44(50)45-20-12-15-23-51(45)60/h7-31,34-37H,32-33H2,1-6H3. The highest BCUT2D eigenvalue weighted by atomic mass is 16.3. The minimum atomic E-state index is -0.462. The minimum Gasteiger partial charge on any atom is -0.456 e. The summed E-state index contributed by atoms with van der Waals surface area (Å²) in [6, 6.07) is 66.0. The molecule has 62 heavy (non-hydrogen) atoms. The number of hydrogen-bond acceptors (Lipinski definition) is 2. The summed E-state index contributed by atoms with van der Waals surface area (Å²) in [6.45, 7) is 14.3. The Morgan fingerprint density at radius 2 is 0.855 bits per heavy atom. The molecule has 12 rings (SSSR count). The van der Waals surface area contributed by atoms with Gasteiger partial charge in [-0.15, -0.1) is 0 Å². The Bertz CT molecular complexity index is 3220. The number of furan rings is 1. The van der Waals surface area contributed by atoms with E-state index in [0.29, 0.717) is 0 Å². The van der Waals surface area contributed by atoms with Gasteiger partial charge in [0, 0.05) is 39.3 Å². The molecule has 0 saturated heterocycles. The van der Waals surface area contributed by atoms with Crippen LogP contribution in [0.25, 0.3) is 44.2 Å². The Morgan fingerprint density at radius 1 is 0.371 bits per heavy atom. The Kier molecular flexibility index (Phi) is 7.75. The second-order valence-corrected chi connectivity index (χ2v) is 19.9. The SMILES string of the molecule is CC1(C)CCC(C)(C)c2cc3c(cc21)oc1cc(N(c2ccc(C4(c5ccccc5)c5ccccc5-c5ccccc54)cc2)c2ccc4c(c2)C(C)(C)c2ccccc2-4)ccc13. The van der Waals surface area contributed by atoms with Crippen molar-refractivity contribution in [3.8, 4) is 22.3 Å². The third-order valence-corrected chi connectivity index (χ3v) is 15.2. The summed E-state index contributed by atoms with van der Waals surface area (Å²) in [5.74, 6) is 0. The maximum absolute atomic E-state index is 6.88. The fourth-order valence-corrected chi connectivity index (χ4v) is 11.8. The summed E-state index contributed by atoms with van der Waals surface area (Å²) in [7, 11) is 0. The minimum absolute atomic E-state index is 0.106. The molecule has 0 bridgehead atoms. The van der Waals surface area contributed by atoms with Gasteiger partial charge >= 0.3 is 0 Å². The lowest BCUT2D eigenvalue weighted by Crippen LogP contribution is -2.33. The molecule has 1 heterocycles. The van der Waals surface area contributed by atoms with Crippen molar-refractivity contribution in [1.29, 1.82) is 0 Å². The average molecular weight is 802 g/mol. The van der Waals surface area contributed by atoms with Gasteiger partial charge in [0.1, 0.15) is 11.2 Å². The second-order valence-electron chi connectivity index (χ2n) is 19.9. The molecule has 0 spiro atoms. The van der Waals surface area contributed by atoms with E-state index < -0.39 is 5.41 Å². The Labute approximate surface area is 365 Å². The first-order valence-corrected chi connectivity index (χ1v) is 22.4. The van der Waals surface area contributed by atoms with E-state index in [2.05, 4.69) is 222 Å². The van der Waals surface area contributed by atoms with Gasteiger partial charge in [-0.2, -0.15) is 0 Å². The number of hydrogen-bond donors (Lipinski definition) is 0. The van der Waals surface area contributed by atoms with E-state index in [1.165, 1.54) is 85.0 Å². The number of fused-ring (bicyclic) bond motifs is 10. The van der Waals surface area contributed by atoms with Crippen molar-refractivity contribution in [2.45, 2.75) is 76.0 Å². The van der Waals surface area contributed by atoms with Crippen LogP contribution in [0.1, 0.15) is 98.9 Å². The second kappa shape index (κ2) is 12.9. The van der Waals surface area contributed by atoms with Crippen molar-refractivity contribution in [3.63, 3.8) is 0 Å². The largest absolute Gasteiger partial charge is 0.456 e. The molecule has 2 nitrogen and oxygen atoms in total. The quantitative estimate of drug-likeness (QED) is 0.172. The lowest BCUT2D eigenvalue weighted by Gasteiger charge is -2.41. The molecule has 302 valence electrons. The van der Waals surface area contributed by atoms with Gasteiger partial charge in [0.15, 0.2) is 0 Å². The molecular formula is C60H51NO. The molecule has 3 aliphatic rings. The van der Waals surface area contributed by atoms with Crippen LogP contribution in [0.4, 0.5) is 17.1 Å². The molecular weight excluding hydrogens is 751 g/mol. The maximum Gasteiger partial charge on any atom is 0.137 e. The molecule has 0 aliphatic heterocycles. The van der Waals surface area contributed by atoms with Gasteiger partial charge in [-0.25, -0.2) is 0 Å². The Hall–Kier alpha value is -6.64. The number of rotatable bonds is 5. The van der Waals surface area contributed by atoms with Crippen LogP contribution in [0.15, 0.2) is 180 Å². The van der Waals surface area contributed by atoms with Gasteiger partial charge in [-0.3, -0.25) is 0 Å². The summed E-state index contributed by atoms with van der Waals surface area (Å²) in [4.78, 5) is 2.43. The van der Waals surface area contributed by atoms with Gasteiger partial charge in [0.25, 0.3) is 0 Å². The van der Waals surface area contributed by atoms with Crippen LogP contribution < -0.4 is 4.90 Å². The zero-order valence-electron chi connectivity index (χ0n) is 36.5. The van der Waals surface area contributed by atoms with Gasteiger partial charge in [0.2, 0.25) is 0 Å². The molecule has 3 aliphatic carbocycles. The van der Waals surface area contributed by atoms with E-state index in [1.54, 1.807) is 0 Å². The predicted molar refractivity (Wildman–Crippen MR) is 259 cm³/mol. The highest BCUT2D eigenvalue weighted by Gasteiger charge is 2.46. The Morgan fingerprint density at radius 3 is 1.52 bits per heavy atom. The molecule has 0 unspecified atom stereocenters. The van der Waals surface area contributed by atoms with Crippen molar-refractivity contribution >= 4 is 39.0 Å². The first kappa shape index (κ1) is 37.1. The van der Waals surface area contributed by atoms with Gasteiger partial charge in [-0.05, 0) is 139 Å². The van der Waals surface area contributed by atoms with Crippen molar-refractivity contribution < 1.29 is 4.42 Å². The lowest BCUT2D eigenvalue weighted by molar-refractivity contribution is 0.332. The van der Waals surface area contributed by atoms with E-state index in [1.807, 2.05) is 0 Å². The van der Waals surface area contributed by atoms with Crippen LogP contribution in [0.5, 0.6) is 0 Å². The topological polar surface area (TPSA) is 16.4 Å². The molecule has 2 heteroatoms. The molecule has 8 aromatic carbocycles. The monoisotopic (exact) mass is 801 g/mol. The van der Waals surface area contributed by atoms with E-state index in [9.17, 15) is 0 Å². The van der Waals surface area contributed by atoms with Crippen molar-refractivity contribution in [3.05, 3.63) is 220 Å². The number of benzene rings is 8. The van der Waals surface area contributed by atoms with Crippen LogP contribution in [0.2, 0.25) is 0 Å². The van der Waals surface area contributed by atoms with Gasteiger partial charge in [-0.1, -0.05) is 163 Å². The molecule has 0 radical (unpaired) electrons. The lowest BCUT2D eigenvalue weighted by atomic mass is 9.63. The summed E-state index contributed by atoms with van der Waals surface area (Å²) < 4.78 is 6.88.